The highest BCUT2D eigenvalue weighted by molar-refractivity contribution is 5.70. The molecule has 0 saturated carbocycles. The Morgan fingerprint density at radius 1 is 1.00 bits per heavy atom. The molecule has 0 bridgehead atoms. The summed E-state index contributed by atoms with van der Waals surface area (Å²) in [5.74, 6) is 0. The first-order chi connectivity index (χ1) is 5.47. The molecule has 0 saturated heterocycles. The lowest BCUT2D eigenvalue weighted by Gasteiger charge is -1.99. The Morgan fingerprint density at radius 2 is 1.82 bits per heavy atom. The lowest BCUT2D eigenvalue weighted by atomic mass is 10.1. The fourth-order valence-electron chi connectivity index (χ4n) is 1.31. The Kier molecular flexibility index (Phi) is 1.60. The topological polar surface area (TPSA) is 0 Å². The van der Waals surface area contributed by atoms with E-state index in [1.807, 2.05) is 6.07 Å². The highest BCUT2D eigenvalue weighted by Gasteiger charge is 2.00. The summed E-state index contributed by atoms with van der Waals surface area (Å²) in [7, 11) is 0. The van der Waals surface area contributed by atoms with Crippen molar-refractivity contribution < 1.29 is 0 Å². The number of hydrogen-bond acceptors (Lipinski definition) is 0. The number of hydrogen-bond donors (Lipinski definition) is 0. The summed E-state index contributed by atoms with van der Waals surface area (Å²) in [4.78, 5) is 0. The van der Waals surface area contributed by atoms with Gasteiger partial charge >= 0.3 is 0 Å². The van der Waals surface area contributed by atoms with Gasteiger partial charge in [0.15, 0.2) is 0 Å². The molecule has 0 aromatic heterocycles. The van der Waals surface area contributed by atoms with Crippen LogP contribution in [0.5, 0.6) is 0 Å². The predicted molar refractivity (Wildman–Crippen MR) is 48.2 cm³/mol. The Balaban J connectivity index is 2.31. The van der Waals surface area contributed by atoms with E-state index in [-0.39, 0.29) is 0 Å². The van der Waals surface area contributed by atoms with Gasteiger partial charge in [-0.25, -0.2) is 0 Å². The molecule has 1 aliphatic rings. The molecule has 0 heteroatoms. The number of benzene rings is 1. The predicted octanol–water partition coefficient (Wildman–Crippen LogP) is 3.03. The normalized spacial score (nSPS) is 15.1. The van der Waals surface area contributed by atoms with Crippen molar-refractivity contribution in [2.24, 2.45) is 0 Å². The molecule has 2 rings (SSSR count). The van der Waals surface area contributed by atoms with Crippen LogP contribution in [0.25, 0.3) is 5.57 Å². The molecule has 1 aliphatic carbocycles. The van der Waals surface area contributed by atoms with Gasteiger partial charge < -0.3 is 0 Å². The Hall–Kier alpha value is -1.30. The minimum atomic E-state index is 1.09. The first kappa shape index (κ1) is 6.41. The molecular formula is C11H10. The van der Waals surface area contributed by atoms with E-state index in [4.69, 9.17) is 0 Å². The highest BCUT2D eigenvalue weighted by atomic mass is 14.0. The summed E-state index contributed by atoms with van der Waals surface area (Å²) >= 11 is 0. The van der Waals surface area contributed by atoms with Gasteiger partial charge in [0.25, 0.3) is 0 Å². The van der Waals surface area contributed by atoms with Crippen LogP contribution in [-0.4, -0.2) is 0 Å². The second-order valence-electron chi connectivity index (χ2n) is 2.69. The molecule has 54 valence electrons. The fraction of sp³-hybridized carbons (Fsp3) is 0.0909. The first-order valence-electron chi connectivity index (χ1n) is 3.88. The van der Waals surface area contributed by atoms with Crippen LogP contribution in [0, 0.1) is 0 Å². The molecule has 0 heterocycles. The lowest BCUT2D eigenvalue weighted by Crippen LogP contribution is -1.77. The summed E-state index contributed by atoms with van der Waals surface area (Å²) in [6, 6.07) is 10.5. The van der Waals surface area contributed by atoms with Gasteiger partial charge in [-0.1, -0.05) is 48.6 Å². The molecule has 0 atom stereocenters. The molecule has 0 aliphatic heterocycles. The largest absolute Gasteiger partial charge is 0.0801 e. The van der Waals surface area contributed by atoms with Gasteiger partial charge in [0, 0.05) is 0 Å². The van der Waals surface area contributed by atoms with Crippen molar-refractivity contribution in [2.45, 2.75) is 6.42 Å². The van der Waals surface area contributed by atoms with Crippen LogP contribution >= 0.6 is 0 Å². The monoisotopic (exact) mass is 142 g/mol. The molecule has 1 aromatic carbocycles. The molecule has 0 fully saturated rings. The summed E-state index contributed by atoms with van der Waals surface area (Å²) in [6.07, 6.45) is 7.56. The summed E-state index contributed by atoms with van der Waals surface area (Å²) in [5.41, 5.74) is 2.77. The van der Waals surface area contributed by atoms with Crippen LogP contribution < -0.4 is 0 Å². The average molecular weight is 142 g/mol. The third-order valence-electron chi connectivity index (χ3n) is 1.92. The van der Waals surface area contributed by atoms with Gasteiger partial charge in [0.2, 0.25) is 0 Å². The minimum Gasteiger partial charge on any atom is -0.0801 e. The van der Waals surface area contributed by atoms with Crippen LogP contribution in [0.4, 0.5) is 0 Å². The van der Waals surface area contributed by atoms with Crippen LogP contribution in [0.15, 0.2) is 48.6 Å². The van der Waals surface area contributed by atoms with Crippen molar-refractivity contribution in [2.75, 3.05) is 0 Å². The van der Waals surface area contributed by atoms with E-state index in [9.17, 15) is 0 Å². The molecule has 0 unspecified atom stereocenters. The quantitative estimate of drug-likeness (QED) is 0.565. The molecule has 1 aromatic rings. The van der Waals surface area contributed by atoms with E-state index >= 15 is 0 Å². The van der Waals surface area contributed by atoms with Crippen molar-refractivity contribution in [1.29, 1.82) is 0 Å². The van der Waals surface area contributed by atoms with Gasteiger partial charge in [-0.15, -0.1) is 0 Å². The van der Waals surface area contributed by atoms with Crippen molar-refractivity contribution in [3.05, 3.63) is 54.1 Å². The maximum Gasteiger partial charge on any atom is -0.00884 e. The molecule has 0 amide bonds. The molecule has 0 spiro atoms. The van der Waals surface area contributed by atoms with Crippen molar-refractivity contribution in [3.8, 4) is 0 Å². The zero-order chi connectivity index (χ0) is 7.52. The van der Waals surface area contributed by atoms with E-state index in [0.717, 1.165) is 6.42 Å². The Bertz CT molecular complexity index is 291. The van der Waals surface area contributed by atoms with Gasteiger partial charge in [-0.05, 0) is 17.6 Å². The van der Waals surface area contributed by atoms with Crippen LogP contribution in [0.3, 0.4) is 0 Å². The van der Waals surface area contributed by atoms with Crippen molar-refractivity contribution in [1.82, 2.24) is 0 Å². The lowest BCUT2D eigenvalue weighted by molar-refractivity contribution is 1.43. The second-order valence-corrected chi connectivity index (χ2v) is 2.69. The zero-order valence-corrected chi connectivity index (χ0v) is 6.33. The fourth-order valence-corrected chi connectivity index (χ4v) is 1.31. The standard InChI is InChI=1S/C11H10/c1-2-6-10(7-3-1)11-8-4-5-9-11/h1-8H,9H2. The van der Waals surface area contributed by atoms with Crippen LogP contribution in [0.1, 0.15) is 12.0 Å². The van der Waals surface area contributed by atoms with Gasteiger partial charge in [0.1, 0.15) is 0 Å². The zero-order valence-electron chi connectivity index (χ0n) is 6.33. The van der Waals surface area contributed by atoms with Crippen LogP contribution in [-0.2, 0) is 0 Å². The van der Waals surface area contributed by atoms with E-state index in [2.05, 4.69) is 42.5 Å². The number of allylic oxidation sites excluding steroid dienone is 4. The maximum absolute atomic E-state index is 2.18. The second kappa shape index (κ2) is 2.75. The van der Waals surface area contributed by atoms with E-state index in [0.29, 0.717) is 0 Å². The third-order valence-corrected chi connectivity index (χ3v) is 1.92. The summed E-state index contributed by atoms with van der Waals surface area (Å²) < 4.78 is 0. The third kappa shape index (κ3) is 1.25. The molecule has 0 N–H and O–H groups in total. The van der Waals surface area contributed by atoms with Gasteiger partial charge in [-0.2, -0.15) is 0 Å². The molecule has 0 nitrogen and oxygen atoms in total. The minimum absolute atomic E-state index is 1.09. The maximum atomic E-state index is 2.18. The SMILES string of the molecule is C1=CCC(c2ccccc2)=C1. The Labute approximate surface area is 66.9 Å². The molecule has 11 heavy (non-hydrogen) atoms. The van der Waals surface area contributed by atoms with E-state index in [1.165, 1.54) is 11.1 Å². The van der Waals surface area contributed by atoms with Crippen molar-refractivity contribution >= 4 is 5.57 Å². The molecule has 0 radical (unpaired) electrons. The average Bonchev–Trinajstić information content (AvgIpc) is 2.58. The van der Waals surface area contributed by atoms with E-state index < -0.39 is 0 Å². The van der Waals surface area contributed by atoms with E-state index in [1.54, 1.807) is 0 Å². The smallest absolute Gasteiger partial charge is 0.00884 e. The van der Waals surface area contributed by atoms with Crippen LogP contribution in [0.2, 0.25) is 0 Å². The Morgan fingerprint density at radius 3 is 2.45 bits per heavy atom. The summed E-state index contributed by atoms with van der Waals surface area (Å²) in [6.45, 7) is 0. The highest BCUT2D eigenvalue weighted by Crippen LogP contribution is 2.21. The molecular weight excluding hydrogens is 132 g/mol. The van der Waals surface area contributed by atoms with Gasteiger partial charge in [0.05, 0.1) is 0 Å². The first-order valence-corrected chi connectivity index (χ1v) is 3.88. The number of rotatable bonds is 1. The summed E-state index contributed by atoms with van der Waals surface area (Å²) in [5, 5.41) is 0. The van der Waals surface area contributed by atoms with Gasteiger partial charge in [-0.3, -0.25) is 0 Å². The van der Waals surface area contributed by atoms with Crippen molar-refractivity contribution in [3.63, 3.8) is 0 Å².